The van der Waals surface area contributed by atoms with Crippen molar-refractivity contribution < 1.29 is 4.79 Å². The highest BCUT2D eigenvalue weighted by Crippen LogP contribution is 2.11. The van der Waals surface area contributed by atoms with Gasteiger partial charge in [0.1, 0.15) is 6.54 Å². The molecule has 0 bridgehead atoms. The van der Waals surface area contributed by atoms with Crippen LogP contribution in [0.4, 0.5) is 0 Å². The lowest BCUT2D eigenvalue weighted by molar-refractivity contribution is -0.133. The summed E-state index contributed by atoms with van der Waals surface area (Å²) in [5.74, 6) is -0.159. The lowest BCUT2D eigenvalue weighted by Gasteiger charge is -2.34. The summed E-state index contributed by atoms with van der Waals surface area (Å²) in [6, 6.07) is 15.1. The van der Waals surface area contributed by atoms with Crippen LogP contribution in [0.15, 0.2) is 58.1 Å². The molecule has 0 saturated carbocycles. The highest BCUT2D eigenvalue weighted by Gasteiger charge is 2.22. The van der Waals surface area contributed by atoms with Crippen LogP contribution in [0.5, 0.6) is 0 Å². The number of hydrogen-bond donors (Lipinski definition) is 1. The SMILES string of the molecule is Cc1cccc(CN2CCN(C(=O)Cn3[nH]c(=O)c4ccccc4c3=O)CC2)c1. The van der Waals surface area contributed by atoms with Gasteiger partial charge in [-0.2, -0.15) is 0 Å². The summed E-state index contributed by atoms with van der Waals surface area (Å²) >= 11 is 0. The minimum Gasteiger partial charge on any atom is -0.339 e. The summed E-state index contributed by atoms with van der Waals surface area (Å²) in [7, 11) is 0. The maximum absolute atomic E-state index is 12.7. The van der Waals surface area contributed by atoms with Crippen LogP contribution in [0.25, 0.3) is 10.8 Å². The third-order valence-corrected chi connectivity index (χ3v) is 5.39. The molecule has 29 heavy (non-hydrogen) atoms. The van der Waals surface area contributed by atoms with E-state index in [2.05, 4.69) is 41.2 Å². The number of hydrogen-bond acceptors (Lipinski definition) is 4. The molecule has 1 N–H and O–H groups in total. The number of aryl methyl sites for hydroxylation is 1. The molecule has 0 spiro atoms. The van der Waals surface area contributed by atoms with Crippen molar-refractivity contribution in [3.8, 4) is 0 Å². The zero-order valence-corrected chi connectivity index (χ0v) is 16.4. The van der Waals surface area contributed by atoms with Crippen molar-refractivity contribution in [1.82, 2.24) is 19.6 Å². The van der Waals surface area contributed by atoms with Crippen LogP contribution in [0.1, 0.15) is 11.1 Å². The van der Waals surface area contributed by atoms with Crippen molar-refractivity contribution in [3.05, 3.63) is 80.4 Å². The Hall–Kier alpha value is -3.19. The van der Waals surface area contributed by atoms with Gasteiger partial charge in [-0.3, -0.25) is 24.4 Å². The number of rotatable bonds is 4. The first kappa shape index (κ1) is 19.1. The lowest BCUT2D eigenvalue weighted by atomic mass is 10.1. The van der Waals surface area contributed by atoms with Gasteiger partial charge in [-0.15, -0.1) is 0 Å². The van der Waals surface area contributed by atoms with Crippen molar-refractivity contribution >= 4 is 16.7 Å². The van der Waals surface area contributed by atoms with E-state index >= 15 is 0 Å². The van der Waals surface area contributed by atoms with E-state index in [0.717, 1.165) is 24.3 Å². The Morgan fingerprint density at radius 1 is 0.966 bits per heavy atom. The largest absolute Gasteiger partial charge is 0.339 e. The molecule has 1 aliphatic rings. The van der Waals surface area contributed by atoms with Crippen molar-refractivity contribution in [3.63, 3.8) is 0 Å². The number of carbonyl (C=O) groups excluding carboxylic acids is 1. The standard InChI is InChI=1S/C22H24N4O3/c1-16-5-4-6-17(13-16)14-24-9-11-25(12-10-24)20(27)15-26-22(29)19-8-3-2-7-18(19)21(28)23-26/h2-8,13H,9-12,14-15H2,1H3,(H,23,28). The van der Waals surface area contributed by atoms with Gasteiger partial charge >= 0.3 is 0 Å². The topological polar surface area (TPSA) is 78.4 Å². The lowest BCUT2D eigenvalue weighted by Crippen LogP contribution is -2.50. The van der Waals surface area contributed by atoms with Crippen LogP contribution in [0.3, 0.4) is 0 Å². The van der Waals surface area contributed by atoms with Crippen LogP contribution >= 0.6 is 0 Å². The molecule has 0 atom stereocenters. The van der Waals surface area contributed by atoms with Gasteiger partial charge in [0.25, 0.3) is 11.1 Å². The fraction of sp³-hybridized carbons (Fsp3) is 0.318. The number of aromatic nitrogens is 2. The average Bonchev–Trinajstić information content (AvgIpc) is 2.72. The van der Waals surface area contributed by atoms with Gasteiger partial charge in [-0.25, -0.2) is 4.68 Å². The number of nitrogens with one attached hydrogen (secondary N) is 1. The molecule has 1 aliphatic heterocycles. The Labute approximate surface area is 168 Å². The van der Waals surface area contributed by atoms with E-state index in [0.29, 0.717) is 23.9 Å². The van der Waals surface area contributed by atoms with E-state index in [1.54, 1.807) is 29.2 Å². The second-order valence-corrected chi connectivity index (χ2v) is 7.52. The predicted molar refractivity (Wildman–Crippen MR) is 112 cm³/mol. The van der Waals surface area contributed by atoms with Crippen molar-refractivity contribution in [2.75, 3.05) is 26.2 Å². The minimum absolute atomic E-state index is 0.156. The third kappa shape index (κ3) is 4.14. The van der Waals surface area contributed by atoms with E-state index in [1.165, 1.54) is 11.1 Å². The Balaban J connectivity index is 1.40. The molecule has 4 rings (SSSR count). The average molecular weight is 392 g/mol. The number of nitrogens with zero attached hydrogens (tertiary/aromatic N) is 3. The quantitative estimate of drug-likeness (QED) is 0.727. The Kier molecular flexibility index (Phi) is 5.31. The zero-order valence-electron chi connectivity index (χ0n) is 16.4. The van der Waals surface area contributed by atoms with E-state index in [-0.39, 0.29) is 23.6 Å². The Morgan fingerprint density at radius 3 is 2.41 bits per heavy atom. The second kappa shape index (κ2) is 8.05. The van der Waals surface area contributed by atoms with Crippen molar-refractivity contribution in [2.24, 2.45) is 0 Å². The minimum atomic E-state index is -0.365. The molecule has 1 fully saturated rings. The Bertz CT molecular complexity index is 1160. The van der Waals surface area contributed by atoms with Crippen LogP contribution in [-0.2, 0) is 17.9 Å². The predicted octanol–water partition coefficient (Wildman–Crippen LogP) is 1.34. The molecular formula is C22H24N4O3. The maximum atomic E-state index is 12.7. The fourth-order valence-corrected chi connectivity index (χ4v) is 3.82. The van der Waals surface area contributed by atoms with Crippen LogP contribution in [0, 0.1) is 6.92 Å². The molecule has 0 unspecified atom stereocenters. The monoisotopic (exact) mass is 392 g/mol. The van der Waals surface area contributed by atoms with Gasteiger partial charge in [0, 0.05) is 32.7 Å². The molecular weight excluding hydrogens is 368 g/mol. The first-order chi connectivity index (χ1) is 14.0. The highest BCUT2D eigenvalue weighted by molar-refractivity contribution is 5.81. The maximum Gasteiger partial charge on any atom is 0.273 e. The zero-order chi connectivity index (χ0) is 20.4. The summed E-state index contributed by atoms with van der Waals surface area (Å²) in [5.41, 5.74) is 1.79. The summed E-state index contributed by atoms with van der Waals surface area (Å²) in [6.07, 6.45) is 0. The van der Waals surface area contributed by atoms with Gasteiger partial charge in [-0.1, -0.05) is 42.0 Å². The molecule has 0 aliphatic carbocycles. The molecule has 0 radical (unpaired) electrons. The van der Waals surface area contributed by atoms with E-state index in [4.69, 9.17) is 0 Å². The molecule has 3 aromatic rings. The molecule has 1 amide bonds. The number of aromatic amines is 1. The van der Waals surface area contributed by atoms with E-state index in [9.17, 15) is 14.4 Å². The molecule has 2 aromatic carbocycles. The van der Waals surface area contributed by atoms with Gasteiger partial charge in [0.15, 0.2) is 0 Å². The second-order valence-electron chi connectivity index (χ2n) is 7.52. The van der Waals surface area contributed by atoms with Gasteiger partial charge in [-0.05, 0) is 24.6 Å². The van der Waals surface area contributed by atoms with Crippen LogP contribution in [-0.4, -0.2) is 51.7 Å². The summed E-state index contributed by atoms with van der Waals surface area (Å²) in [5, 5.41) is 3.19. The van der Waals surface area contributed by atoms with E-state index in [1.807, 2.05) is 0 Å². The van der Waals surface area contributed by atoms with Crippen LogP contribution in [0.2, 0.25) is 0 Å². The van der Waals surface area contributed by atoms with Gasteiger partial charge < -0.3 is 4.90 Å². The number of carbonyl (C=O) groups is 1. The molecule has 7 nitrogen and oxygen atoms in total. The first-order valence-electron chi connectivity index (χ1n) is 9.79. The number of benzene rings is 2. The molecule has 2 heterocycles. The first-order valence-corrected chi connectivity index (χ1v) is 9.79. The number of fused-ring (bicyclic) bond motifs is 1. The third-order valence-electron chi connectivity index (χ3n) is 5.39. The number of H-pyrrole nitrogens is 1. The molecule has 150 valence electrons. The smallest absolute Gasteiger partial charge is 0.273 e. The van der Waals surface area contributed by atoms with Gasteiger partial charge in [0.2, 0.25) is 5.91 Å². The summed E-state index contributed by atoms with van der Waals surface area (Å²) in [6.45, 7) is 5.57. The molecule has 7 heteroatoms. The molecule has 1 aromatic heterocycles. The Morgan fingerprint density at radius 2 is 1.69 bits per heavy atom. The van der Waals surface area contributed by atoms with Gasteiger partial charge in [0.05, 0.1) is 10.8 Å². The summed E-state index contributed by atoms with van der Waals surface area (Å²) < 4.78 is 1.12. The number of piperazine rings is 1. The molecule has 1 saturated heterocycles. The van der Waals surface area contributed by atoms with Crippen molar-refractivity contribution in [2.45, 2.75) is 20.0 Å². The van der Waals surface area contributed by atoms with Crippen molar-refractivity contribution in [1.29, 1.82) is 0 Å². The highest BCUT2D eigenvalue weighted by atomic mass is 16.2. The number of amides is 1. The normalized spacial score (nSPS) is 15.0. The van der Waals surface area contributed by atoms with E-state index < -0.39 is 0 Å². The fourth-order valence-electron chi connectivity index (χ4n) is 3.82. The summed E-state index contributed by atoms with van der Waals surface area (Å²) in [4.78, 5) is 41.6. The van der Waals surface area contributed by atoms with Crippen LogP contribution < -0.4 is 11.1 Å².